The SMILES string of the molecule is C=C(/C=C(\OC)C1(C(F)(F)F)CC1)CC(=O)Cc1ccc(-c2cnc3cc(CCCC4CCOC(C)C4)c(C)cc3n2)cc1C.[HH]. The Morgan fingerprint density at radius 3 is 2.58 bits per heavy atom. The highest BCUT2D eigenvalue weighted by Gasteiger charge is 2.66. The van der Waals surface area contributed by atoms with E-state index in [9.17, 15) is 18.0 Å². The van der Waals surface area contributed by atoms with Gasteiger partial charge in [0, 0.05) is 26.4 Å². The van der Waals surface area contributed by atoms with Gasteiger partial charge in [-0.15, -0.1) is 0 Å². The van der Waals surface area contributed by atoms with Gasteiger partial charge in [-0.1, -0.05) is 18.7 Å². The average molecular weight is 623 g/mol. The van der Waals surface area contributed by atoms with Gasteiger partial charge in [0.1, 0.15) is 17.0 Å². The van der Waals surface area contributed by atoms with Gasteiger partial charge >= 0.3 is 6.18 Å². The first-order chi connectivity index (χ1) is 21.4. The van der Waals surface area contributed by atoms with Crippen LogP contribution in [0.5, 0.6) is 0 Å². The zero-order chi connectivity index (χ0) is 32.4. The molecule has 0 spiro atoms. The Bertz CT molecular complexity index is 1610. The summed E-state index contributed by atoms with van der Waals surface area (Å²) in [6.07, 6.45) is 4.86. The van der Waals surface area contributed by atoms with Gasteiger partial charge in [0.2, 0.25) is 0 Å². The van der Waals surface area contributed by atoms with E-state index in [4.69, 9.17) is 19.4 Å². The number of rotatable bonds is 12. The zero-order valence-corrected chi connectivity index (χ0v) is 26.7. The molecule has 0 radical (unpaired) electrons. The summed E-state index contributed by atoms with van der Waals surface area (Å²) >= 11 is 0. The number of ether oxygens (including phenoxy) is 2. The van der Waals surface area contributed by atoms with Gasteiger partial charge in [0.05, 0.1) is 36.1 Å². The molecule has 1 aliphatic heterocycles. The maximum atomic E-state index is 13.5. The second-order valence-corrected chi connectivity index (χ2v) is 13.0. The van der Waals surface area contributed by atoms with Crippen LogP contribution >= 0.6 is 0 Å². The van der Waals surface area contributed by atoms with Crippen LogP contribution in [0.1, 0.15) is 75.5 Å². The lowest BCUT2D eigenvalue weighted by atomic mass is 9.90. The fraction of sp³-hybridized carbons (Fsp3) is 0.486. The molecular formula is C37H45F3N2O3. The third kappa shape index (κ3) is 7.66. The molecule has 5 nitrogen and oxygen atoms in total. The molecular weight excluding hydrogens is 577 g/mol. The van der Waals surface area contributed by atoms with Crippen LogP contribution in [0.4, 0.5) is 13.2 Å². The minimum Gasteiger partial charge on any atom is -0.500 e. The number of aryl methyl sites for hydroxylation is 3. The summed E-state index contributed by atoms with van der Waals surface area (Å²) in [5.41, 5.74) is 6.08. The molecule has 8 heteroatoms. The Balaban J connectivity index is 0.00000480. The van der Waals surface area contributed by atoms with Crippen molar-refractivity contribution in [2.75, 3.05) is 13.7 Å². The van der Waals surface area contributed by atoms with E-state index < -0.39 is 11.6 Å². The van der Waals surface area contributed by atoms with E-state index >= 15 is 0 Å². The topological polar surface area (TPSA) is 61.3 Å². The maximum absolute atomic E-state index is 13.5. The number of Topliss-reactive ketones (excluding diaryl/α,β-unsaturated/α-hetero) is 1. The van der Waals surface area contributed by atoms with Crippen molar-refractivity contribution in [3.63, 3.8) is 0 Å². The lowest BCUT2D eigenvalue weighted by molar-refractivity contribution is -0.184. The number of carbonyl (C=O) groups is 1. The highest BCUT2D eigenvalue weighted by Crippen LogP contribution is 2.62. The normalized spacial score (nSPS) is 19.8. The molecule has 2 heterocycles. The second kappa shape index (κ2) is 13.5. The molecule has 1 saturated heterocycles. The number of hydrogen-bond acceptors (Lipinski definition) is 5. The van der Waals surface area contributed by atoms with Crippen molar-refractivity contribution in [2.45, 2.75) is 90.8 Å². The summed E-state index contributed by atoms with van der Waals surface area (Å²) in [7, 11) is 1.23. The molecule has 3 aromatic rings. The number of carbonyl (C=O) groups excluding carboxylic acids is 1. The number of methoxy groups -OCH3 is 1. The molecule has 242 valence electrons. The molecule has 5 rings (SSSR count). The van der Waals surface area contributed by atoms with E-state index in [0.717, 1.165) is 71.6 Å². The van der Waals surface area contributed by atoms with E-state index in [1.807, 2.05) is 25.1 Å². The van der Waals surface area contributed by atoms with Gasteiger partial charge in [-0.05, 0) is 124 Å². The number of aromatic nitrogens is 2. The molecule has 1 aliphatic carbocycles. The number of fused-ring (bicyclic) bond motifs is 1. The van der Waals surface area contributed by atoms with Crippen LogP contribution in [0.25, 0.3) is 22.3 Å². The Kier molecular flexibility index (Phi) is 9.83. The third-order valence-electron chi connectivity index (χ3n) is 9.42. The van der Waals surface area contributed by atoms with Crippen LogP contribution in [0.3, 0.4) is 0 Å². The number of hydrogen-bond donors (Lipinski definition) is 0. The molecule has 1 saturated carbocycles. The maximum Gasteiger partial charge on any atom is 0.401 e. The highest BCUT2D eigenvalue weighted by atomic mass is 19.4. The third-order valence-corrected chi connectivity index (χ3v) is 9.42. The lowest BCUT2D eigenvalue weighted by Crippen LogP contribution is -2.27. The van der Waals surface area contributed by atoms with Gasteiger partial charge in [-0.3, -0.25) is 9.78 Å². The zero-order valence-electron chi connectivity index (χ0n) is 26.7. The summed E-state index contributed by atoms with van der Waals surface area (Å²) in [6, 6.07) is 10.1. The summed E-state index contributed by atoms with van der Waals surface area (Å²) in [4.78, 5) is 22.5. The molecule has 0 N–H and O–H groups in total. The summed E-state index contributed by atoms with van der Waals surface area (Å²) in [5, 5.41) is 0. The first-order valence-electron chi connectivity index (χ1n) is 15.9. The van der Waals surface area contributed by atoms with Gasteiger partial charge in [-0.2, -0.15) is 13.2 Å². The highest BCUT2D eigenvalue weighted by molar-refractivity contribution is 5.84. The van der Waals surface area contributed by atoms with Crippen molar-refractivity contribution >= 4 is 16.8 Å². The van der Waals surface area contributed by atoms with Gasteiger partial charge < -0.3 is 9.47 Å². The van der Waals surface area contributed by atoms with E-state index in [1.54, 1.807) is 6.20 Å². The number of alkyl halides is 3. The number of halogens is 3. The first kappa shape index (κ1) is 32.9. The Labute approximate surface area is 265 Å². The van der Waals surface area contributed by atoms with Crippen LogP contribution < -0.4 is 0 Å². The van der Waals surface area contributed by atoms with E-state index in [-0.39, 0.29) is 38.7 Å². The van der Waals surface area contributed by atoms with Crippen molar-refractivity contribution in [2.24, 2.45) is 11.3 Å². The minimum atomic E-state index is -4.39. The molecule has 2 fully saturated rings. The quantitative estimate of drug-likeness (QED) is 0.149. The molecule has 2 unspecified atom stereocenters. The molecule has 0 amide bonds. The molecule has 2 aliphatic rings. The fourth-order valence-corrected chi connectivity index (χ4v) is 6.55. The average Bonchev–Trinajstić information content (AvgIpc) is 3.79. The minimum absolute atomic E-state index is 0. The molecule has 2 atom stereocenters. The largest absolute Gasteiger partial charge is 0.500 e. The summed E-state index contributed by atoms with van der Waals surface area (Å²) < 4.78 is 51.3. The van der Waals surface area contributed by atoms with Crippen LogP contribution in [0.15, 0.2) is 60.5 Å². The van der Waals surface area contributed by atoms with Gasteiger partial charge in [0.25, 0.3) is 0 Å². The molecule has 1 aromatic heterocycles. The van der Waals surface area contributed by atoms with Crippen molar-refractivity contribution in [3.05, 3.63) is 82.8 Å². The smallest absolute Gasteiger partial charge is 0.401 e. The van der Waals surface area contributed by atoms with Crippen LogP contribution in [0.2, 0.25) is 0 Å². The standard InChI is InChI=1S/C37H43F3N2O3.H2/c1-23(16-35(44-5)36(12-13-36)37(38,39)40)15-31(43)20-29-9-10-30(17-24(29)2)34-22-41-32-21-28(25(3)18-33(32)42-34)8-6-7-27-11-14-45-26(4)19-27;/h9-10,16-18,21-22,26-27H,1,6-8,11-15,19-20H2,2-5H3;1H/b35-16-;. The Hall–Kier alpha value is -3.52. The van der Waals surface area contributed by atoms with Crippen molar-refractivity contribution < 1.29 is 28.9 Å². The predicted molar refractivity (Wildman–Crippen MR) is 173 cm³/mol. The van der Waals surface area contributed by atoms with Gasteiger partial charge in [0.15, 0.2) is 0 Å². The Morgan fingerprint density at radius 2 is 1.91 bits per heavy atom. The van der Waals surface area contributed by atoms with Crippen molar-refractivity contribution in [1.82, 2.24) is 9.97 Å². The molecule has 0 bridgehead atoms. The lowest BCUT2D eigenvalue weighted by Gasteiger charge is -2.27. The fourth-order valence-electron chi connectivity index (χ4n) is 6.55. The summed E-state index contributed by atoms with van der Waals surface area (Å²) in [6.45, 7) is 10.9. The number of ketones is 1. The number of benzene rings is 2. The second-order valence-electron chi connectivity index (χ2n) is 13.0. The van der Waals surface area contributed by atoms with Crippen molar-refractivity contribution in [1.29, 1.82) is 0 Å². The number of allylic oxidation sites excluding steroid dienone is 3. The predicted octanol–water partition coefficient (Wildman–Crippen LogP) is 9.23. The summed E-state index contributed by atoms with van der Waals surface area (Å²) in [5.74, 6) is 0.451. The van der Waals surface area contributed by atoms with E-state index in [0.29, 0.717) is 11.7 Å². The van der Waals surface area contributed by atoms with E-state index in [2.05, 4.69) is 32.6 Å². The van der Waals surface area contributed by atoms with Crippen LogP contribution in [0, 0.1) is 25.2 Å². The van der Waals surface area contributed by atoms with Crippen LogP contribution in [-0.2, 0) is 27.1 Å². The van der Waals surface area contributed by atoms with Gasteiger partial charge in [-0.25, -0.2) is 4.98 Å². The van der Waals surface area contributed by atoms with Crippen molar-refractivity contribution in [3.8, 4) is 11.3 Å². The number of nitrogens with zero attached hydrogens (tertiary/aromatic N) is 2. The molecule has 45 heavy (non-hydrogen) atoms. The first-order valence-corrected chi connectivity index (χ1v) is 15.9. The van der Waals surface area contributed by atoms with E-state index in [1.165, 1.54) is 30.7 Å². The Morgan fingerprint density at radius 1 is 1.16 bits per heavy atom. The monoisotopic (exact) mass is 622 g/mol. The van der Waals surface area contributed by atoms with Crippen LogP contribution in [-0.4, -0.2) is 41.7 Å². The molecule has 2 aromatic carbocycles.